The number of carbonyl (C=O) groups excluding carboxylic acids is 1. The molecule has 3 nitrogen and oxygen atoms in total. The summed E-state index contributed by atoms with van der Waals surface area (Å²) in [5.74, 6) is -0.926. The van der Waals surface area contributed by atoms with Crippen molar-refractivity contribution in [2.75, 3.05) is 13.7 Å². The van der Waals surface area contributed by atoms with Gasteiger partial charge in [0.25, 0.3) is 0 Å². The zero-order chi connectivity index (χ0) is 7.49. The second-order valence-corrected chi connectivity index (χ2v) is 0.872. The van der Waals surface area contributed by atoms with Crippen LogP contribution in [0.5, 0.6) is 0 Å². The number of nitrogens with two attached hydrogens (primary N) is 1. The summed E-state index contributed by atoms with van der Waals surface area (Å²) in [6, 6.07) is 0. The van der Waals surface area contributed by atoms with Gasteiger partial charge in [0, 0.05) is 9.29 Å². The fourth-order valence-electron chi connectivity index (χ4n) is 0.156. The smallest absolute Gasteiger partial charge is 0.306 e. The van der Waals surface area contributed by atoms with Gasteiger partial charge in [-0.1, -0.05) is 0 Å². The highest BCUT2D eigenvalue weighted by Gasteiger charge is 1.92. The van der Waals surface area contributed by atoms with Crippen LogP contribution in [0, 0.1) is 0 Å². The lowest BCUT2D eigenvalue weighted by Gasteiger charge is -1.91. The van der Waals surface area contributed by atoms with E-state index in [1.165, 1.54) is 0 Å². The summed E-state index contributed by atoms with van der Waals surface area (Å²) in [6.07, 6.45) is -2.03. The van der Waals surface area contributed by atoms with Crippen molar-refractivity contribution in [1.82, 2.24) is 0 Å². The molecule has 0 unspecified atom stereocenters. The second kappa shape index (κ2) is 3.61. The molecule has 0 aromatic rings. The molecule has 7 heavy (non-hydrogen) atoms. The maximum atomic E-state index is 10.4. The number of esters is 1. The molecule has 0 aliphatic rings. The predicted molar refractivity (Wildman–Crippen MR) is 25.7 cm³/mol. The monoisotopic (exact) mass is 105 g/mol. The molecule has 0 saturated carbocycles. The number of rotatable bonds is 2. The van der Waals surface area contributed by atoms with Crippen molar-refractivity contribution < 1.29 is 12.3 Å². The molecule has 0 radical (unpaired) electrons. The van der Waals surface area contributed by atoms with Gasteiger partial charge >= 0.3 is 5.97 Å². The van der Waals surface area contributed by atoms with Crippen molar-refractivity contribution in [2.45, 2.75) is 6.37 Å². The Morgan fingerprint density at radius 1 is 2.14 bits per heavy atom. The number of hydrogen-bond acceptors (Lipinski definition) is 3. The Kier molecular flexibility index (Phi) is 1.77. The lowest BCUT2D eigenvalue weighted by Crippen LogP contribution is -2.08. The van der Waals surface area contributed by atoms with E-state index in [0.717, 1.165) is 7.11 Å². The Hall–Kier alpha value is -0.570. The van der Waals surface area contributed by atoms with Gasteiger partial charge in [0.2, 0.25) is 0 Å². The summed E-state index contributed by atoms with van der Waals surface area (Å²) in [6.45, 7) is -0.348. The highest BCUT2D eigenvalue weighted by Crippen LogP contribution is 1.76. The number of hydrogen-bond donors (Lipinski definition) is 1. The van der Waals surface area contributed by atoms with Crippen LogP contribution >= 0.6 is 0 Å². The van der Waals surface area contributed by atoms with E-state index in [2.05, 4.69) is 4.74 Å². The van der Waals surface area contributed by atoms with Crippen molar-refractivity contribution in [3.8, 4) is 0 Å². The SMILES string of the molecule is [2H]C([2H])(CN)C(=O)OC. The van der Waals surface area contributed by atoms with E-state index in [-0.39, 0.29) is 6.54 Å². The van der Waals surface area contributed by atoms with Gasteiger partial charge < -0.3 is 10.5 Å². The third kappa shape index (κ3) is 3.26. The van der Waals surface area contributed by atoms with Crippen LogP contribution in [0.4, 0.5) is 0 Å². The highest BCUT2D eigenvalue weighted by molar-refractivity contribution is 5.69. The molecule has 0 fully saturated rings. The van der Waals surface area contributed by atoms with Crippen LogP contribution in [0.1, 0.15) is 9.11 Å². The molecule has 0 spiro atoms. The third-order valence-corrected chi connectivity index (χ3v) is 0.432. The Labute approximate surface area is 45.3 Å². The summed E-state index contributed by atoms with van der Waals surface area (Å²) in [5, 5.41) is 0. The third-order valence-electron chi connectivity index (χ3n) is 0.432. The van der Waals surface area contributed by atoms with Crippen molar-refractivity contribution >= 4 is 5.97 Å². The van der Waals surface area contributed by atoms with E-state index in [9.17, 15) is 4.79 Å². The molecule has 0 aliphatic carbocycles. The molecule has 42 valence electrons. The van der Waals surface area contributed by atoms with Crippen LogP contribution in [0.2, 0.25) is 0 Å². The molecule has 0 heterocycles. The Balaban J connectivity index is 3.97. The van der Waals surface area contributed by atoms with Gasteiger partial charge in [-0.05, 0) is 0 Å². The first kappa shape index (κ1) is 3.43. The number of carbonyl (C=O) groups is 1. The fraction of sp³-hybridized carbons (Fsp3) is 0.750. The molecular weight excluding hydrogens is 94.0 g/mol. The van der Waals surface area contributed by atoms with Gasteiger partial charge in [0.1, 0.15) is 0 Å². The second-order valence-electron chi connectivity index (χ2n) is 0.872. The lowest BCUT2D eigenvalue weighted by atomic mass is 10.4. The van der Waals surface area contributed by atoms with Gasteiger partial charge in [-0.15, -0.1) is 0 Å². The van der Waals surface area contributed by atoms with Gasteiger partial charge in [0.05, 0.1) is 13.5 Å². The highest BCUT2D eigenvalue weighted by atomic mass is 16.5. The van der Waals surface area contributed by atoms with Crippen molar-refractivity contribution in [1.29, 1.82) is 0 Å². The summed E-state index contributed by atoms with van der Waals surface area (Å²) < 4.78 is 17.8. The number of methoxy groups -OCH3 is 1. The van der Waals surface area contributed by atoms with Gasteiger partial charge in [-0.3, -0.25) is 4.79 Å². The summed E-state index contributed by atoms with van der Waals surface area (Å²) >= 11 is 0. The fourth-order valence-corrected chi connectivity index (χ4v) is 0.156. The molecule has 2 N–H and O–H groups in total. The van der Waals surface area contributed by atoms with Crippen molar-refractivity contribution in [3.63, 3.8) is 0 Å². The molecule has 0 atom stereocenters. The van der Waals surface area contributed by atoms with Crippen LogP contribution < -0.4 is 5.73 Å². The first-order chi connectivity index (χ1) is 4.04. The Morgan fingerprint density at radius 3 is 2.86 bits per heavy atom. The van der Waals surface area contributed by atoms with Crippen LogP contribution in [0.3, 0.4) is 0 Å². The lowest BCUT2D eigenvalue weighted by molar-refractivity contribution is -0.140. The average molecular weight is 105 g/mol. The quantitative estimate of drug-likeness (QED) is 0.482. The summed E-state index contributed by atoms with van der Waals surface area (Å²) in [4.78, 5) is 10.4. The standard InChI is InChI=1S/C4H9NO2/c1-7-4(6)2-3-5/h2-3,5H2,1H3/i2D2. The number of ether oxygens (including phenoxy) is 1. The molecule has 0 rings (SSSR count). The molecular formula is C4H9NO2. The molecule has 0 saturated heterocycles. The zero-order valence-electron chi connectivity index (χ0n) is 6.10. The van der Waals surface area contributed by atoms with E-state index in [4.69, 9.17) is 8.48 Å². The molecule has 0 aromatic carbocycles. The van der Waals surface area contributed by atoms with E-state index in [1.54, 1.807) is 0 Å². The van der Waals surface area contributed by atoms with Gasteiger partial charge in [0.15, 0.2) is 0 Å². The minimum Gasteiger partial charge on any atom is -0.469 e. The maximum Gasteiger partial charge on any atom is 0.306 e. The van der Waals surface area contributed by atoms with E-state index < -0.39 is 12.3 Å². The van der Waals surface area contributed by atoms with E-state index in [1.807, 2.05) is 0 Å². The van der Waals surface area contributed by atoms with Crippen LogP contribution in [-0.4, -0.2) is 19.6 Å². The molecule has 0 bridgehead atoms. The first-order valence-corrected chi connectivity index (χ1v) is 1.83. The molecule has 3 heteroatoms. The van der Waals surface area contributed by atoms with Gasteiger partial charge in [-0.2, -0.15) is 0 Å². The van der Waals surface area contributed by atoms with E-state index in [0.29, 0.717) is 0 Å². The molecule has 0 aliphatic heterocycles. The minimum absolute atomic E-state index is 0.348. The van der Waals surface area contributed by atoms with E-state index >= 15 is 0 Å². The predicted octanol–water partition coefficient (Wildman–Crippen LogP) is -0.492. The zero-order valence-corrected chi connectivity index (χ0v) is 4.10. The first-order valence-electron chi connectivity index (χ1n) is 2.83. The summed E-state index contributed by atoms with van der Waals surface area (Å²) in [5.41, 5.74) is 4.91. The topological polar surface area (TPSA) is 52.3 Å². The molecule has 0 aromatic heterocycles. The molecule has 0 amide bonds. The van der Waals surface area contributed by atoms with Crippen LogP contribution in [0.25, 0.3) is 0 Å². The Bertz CT molecular complexity index is 115. The normalized spacial score (nSPS) is 14.6. The average Bonchev–Trinajstić information content (AvgIpc) is 1.86. The van der Waals surface area contributed by atoms with Crippen molar-refractivity contribution in [3.05, 3.63) is 0 Å². The van der Waals surface area contributed by atoms with Crippen molar-refractivity contribution in [2.24, 2.45) is 5.73 Å². The Morgan fingerprint density at radius 2 is 2.71 bits per heavy atom. The largest absolute Gasteiger partial charge is 0.469 e. The van der Waals surface area contributed by atoms with Crippen LogP contribution in [-0.2, 0) is 9.53 Å². The van der Waals surface area contributed by atoms with Crippen LogP contribution in [0.15, 0.2) is 0 Å². The summed E-state index contributed by atoms with van der Waals surface area (Å²) in [7, 11) is 1.12. The van der Waals surface area contributed by atoms with Gasteiger partial charge in [-0.25, -0.2) is 0 Å². The minimum atomic E-state index is -2.03. The maximum absolute atomic E-state index is 10.4.